The summed E-state index contributed by atoms with van der Waals surface area (Å²) in [5, 5.41) is 3.38. The van der Waals surface area contributed by atoms with Gasteiger partial charge in [0, 0.05) is 18.2 Å². The number of nitrogens with one attached hydrogen (secondary N) is 1. The van der Waals surface area contributed by atoms with Crippen molar-refractivity contribution in [1.82, 2.24) is 5.32 Å². The molecule has 1 N–H and O–H groups in total. The topological polar surface area (TPSA) is 34.4 Å². The maximum absolute atomic E-state index is 5.77. The van der Waals surface area contributed by atoms with Crippen LogP contribution in [0.25, 0.3) is 0 Å². The Morgan fingerprint density at radius 3 is 2.53 bits per heavy atom. The van der Waals surface area contributed by atoms with Gasteiger partial charge in [0.1, 0.15) is 12.4 Å². The number of furan rings is 1. The molecule has 1 unspecified atom stereocenters. The molecule has 3 nitrogen and oxygen atoms in total. The van der Waals surface area contributed by atoms with E-state index in [1.807, 2.05) is 6.07 Å². The van der Waals surface area contributed by atoms with Crippen LogP contribution in [0.1, 0.15) is 45.9 Å². The molecule has 0 aliphatic rings. The van der Waals surface area contributed by atoms with E-state index in [0.717, 1.165) is 12.3 Å². The van der Waals surface area contributed by atoms with E-state index < -0.39 is 0 Å². The Bertz CT molecular complexity index is 318. The molecule has 0 amide bonds. The van der Waals surface area contributed by atoms with Gasteiger partial charge in [-0.2, -0.15) is 0 Å². The van der Waals surface area contributed by atoms with Gasteiger partial charge < -0.3 is 14.5 Å². The van der Waals surface area contributed by atoms with Gasteiger partial charge in [-0.05, 0) is 18.9 Å². The molecule has 0 aromatic carbocycles. The van der Waals surface area contributed by atoms with Crippen molar-refractivity contribution in [3.05, 3.63) is 23.7 Å². The average Bonchev–Trinajstić information content (AvgIpc) is 2.70. The van der Waals surface area contributed by atoms with Gasteiger partial charge in [0.25, 0.3) is 0 Å². The Kier molecular flexibility index (Phi) is 5.72. The van der Waals surface area contributed by atoms with E-state index in [1.54, 1.807) is 6.26 Å². The molecule has 0 spiro atoms. The molecule has 0 aliphatic heterocycles. The smallest absolute Gasteiger partial charge is 0.133 e. The van der Waals surface area contributed by atoms with Gasteiger partial charge in [-0.25, -0.2) is 0 Å². The summed E-state index contributed by atoms with van der Waals surface area (Å²) in [6.45, 7) is 12.1. The first-order chi connectivity index (χ1) is 8.00. The minimum atomic E-state index is 0.256. The van der Waals surface area contributed by atoms with E-state index in [4.69, 9.17) is 9.15 Å². The Morgan fingerprint density at radius 1 is 1.24 bits per heavy atom. The highest BCUT2D eigenvalue weighted by molar-refractivity contribution is 5.16. The Labute approximate surface area is 105 Å². The van der Waals surface area contributed by atoms with Crippen LogP contribution in [0, 0.1) is 5.92 Å². The Morgan fingerprint density at radius 2 is 1.94 bits per heavy atom. The maximum Gasteiger partial charge on any atom is 0.133 e. The number of ether oxygens (including phenoxy) is 1. The summed E-state index contributed by atoms with van der Waals surface area (Å²) in [7, 11) is 0. The predicted octanol–water partition coefficient (Wildman–Crippen LogP) is 3.34. The molecule has 1 rings (SSSR count). The summed E-state index contributed by atoms with van der Waals surface area (Å²) < 4.78 is 11.2. The maximum atomic E-state index is 5.77. The second-order valence-corrected chi connectivity index (χ2v) is 5.16. The lowest BCUT2D eigenvalue weighted by molar-refractivity contribution is 0.0144. The quantitative estimate of drug-likeness (QED) is 0.792. The molecule has 1 aromatic heterocycles. The van der Waals surface area contributed by atoms with Crippen LogP contribution in [0.15, 0.2) is 16.7 Å². The summed E-state index contributed by atoms with van der Waals surface area (Å²) >= 11 is 0. The second-order valence-electron chi connectivity index (χ2n) is 5.16. The standard InChI is InChI=1S/C14H25NO2/c1-10(2)12(5)17-9-14-13(6-7-16-14)8-15-11(3)4/h6-7,10-12,15H,8-9H2,1-5H3. The Balaban J connectivity index is 2.45. The van der Waals surface area contributed by atoms with Gasteiger partial charge in [0.2, 0.25) is 0 Å². The van der Waals surface area contributed by atoms with Crippen LogP contribution < -0.4 is 5.32 Å². The number of hydrogen-bond acceptors (Lipinski definition) is 3. The lowest BCUT2D eigenvalue weighted by Gasteiger charge is -2.16. The van der Waals surface area contributed by atoms with Crippen molar-refractivity contribution in [1.29, 1.82) is 0 Å². The number of rotatable bonds is 7. The molecular formula is C14H25NO2. The third-order valence-corrected chi connectivity index (χ3v) is 2.95. The summed E-state index contributed by atoms with van der Waals surface area (Å²) in [5.41, 5.74) is 1.19. The zero-order valence-corrected chi connectivity index (χ0v) is 11.6. The summed E-state index contributed by atoms with van der Waals surface area (Å²) in [5.74, 6) is 1.47. The largest absolute Gasteiger partial charge is 0.467 e. The molecule has 0 saturated carbocycles. The van der Waals surface area contributed by atoms with Crippen LogP contribution in [-0.4, -0.2) is 12.1 Å². The molecule has 1 atom stereocenters. The molecule has 98 valence electrons. The van der Waals surface area contributed by atoms with Gasteiger partial charge in [0.15, 0.2) is 0 Å². The molecule has 0 bridgehead atoms. The van der Waals surface area contributed by atoms with Gasteiger partial charge in [-0.15, -0.1) is 0 Å². The zero-order chi connectivity index (χ0) is 12.8. The molecular weight excluding hydrogens is 214 g/mol. The van der Waals surface area contributed by atoms with Crippen molar-refractivity contribution >= 4 is 0 Å². The van der Waals surface area contributed by atoms with E-state index in [2.05, 4.69) is 39.9 Å². The minimum absolute atomic E-state index is 0.256. The highest BCUT2D eigenvalue weighted by Crippen LogP contribution is 2.15. The first-order valence-electron chi connectivity index (χ1n) is 6.41. The fourth-order valence-corrected chi connectivity index (χ4v) is 1.36. The fourth-order valence-electron chi connectivity index (χ4n) is 1.36. The third kappa shape index (κ3) is 4.92. The first-order valence-corrected chi connectivity index (χ1v) is 6.41. The van der Waals surface area contributed by atoms with E-state index in [0.29, 0.717) is 18.6 Å². The van der Waals surface area contributed by atoms with E-state index in [9.17, 15) is 0 Å². The first kappa shape index (κ1) is 14.3. The normalized spacial score (nSPS) is 13.6. The van der Waals surface area contributed by atoms with Crippen LogP contribution in [0.4, 0.5) is 0 Å². The van der Waals surface area contributed by atoms with Crippen molar-refractivity contribution in [2.75, 3.05) is 0 Å². The third-order valence-electron chi connectivity index (χ3n) is 2.95. The molecule has 0 aliphatic carbocycles. The van der Waals surface area contributed by atoms with Crippen LogP contribution in [0.3, 0.4) is 0 Å². The SMILES string of the molecule is CC(C)NCc1ccoc1COC(C)C(C)C. The van der Waals surface area contributed by atoms with Gasteiger partial charge >= 0.3 is 0 Å². The minimum Gasteiger partial charge on any atom is -0.467 e. The highest BCUT2D eigenvalue weighted by Gasteiger charge is 2.11. The fraction of sp³-hybridized carbons (Fsp3) is 0.714. The lowest BCUT2D eigenvalue weighted by Crippen LogP contribution is -2.22. The number of hydrogen-bond donors (Lipinski definition) is 1. The molecule has 0 radical (unpaired) electrons. The van der Waals surface area contributed by atoms with Crippen LogP contribution >= 0.6 is 0 Å². The van der Waals surface area contributed by atoms with E-state index in [1.165, 1.54) is 5.56 Å². The van der Waals surface area contributed by atoms with E-state index >= 15 is 0 Å². The van der Waals surface area contributed by atoms with Crippen molar-refractivity contribution in [3.63, 3.8) is 0 Å². The van der Waals surface area contributed by atoms with Crippen LogP contribution in [-0.2, 0) is 17.9 Å². The highest BCUT2D eigenvalue weighted by atomic mass is 16.5. The van der Waals surface area contributed by atoms with Gasteiger partial charge in [-0.3, -0.25) is 0 Å². The lowest BCUT2D eigenvalue weighted by atomic mass is 10.1. The van der Waals surface area contributed by atoms with Crippen molar-refractivity contribution < 1.29 is 9.15 Å². The van der Waals surface area contributed by atoms with Crippen molar-refractivity contribution in [3.8, 4) is 0 Å². The summed E-state index contributed by atoms with van der Waals surface area (Å²) in [4.78, 5) is 0. The molecule has 1 aromatic rings. The summed E-state index contributed by atoms with van der Waals surface area (Å²) in [6, 6.07) is 2.49. The van der Waals surface area contributed by atoms with Crippen LogP contribution in [0.5, 0.6) is 0 Å². The zero-order valence-electron chi connectivity index (χ0n) is 11.6. The average molecular weight is 239 g/mol. The molecule has 0 fully saturated rings. The van der Waals surface area contributed by atoms with Crippen molar-refractivity contribution in [2.45, 2.75) is 59.9 Å². The van der Waals surface area contributed by atoms with Gasteiger partial charge in [-0.1, -0.05) is 27.7 Å². The Hall–Kier alpha value is -0.800. The second kappa shape index (κ2) is 6.82. The van der Waals surface area contributed by atoms with Crippen LogP contribution in [0.2, 0.25) is 0 Å². The van der Waals surface area contributed by atoms with E-state index in [-0.39, 0.29) is 6.10 Å². The van der Waals surface area contributed by atoms with Crippen molar-refractivity contribution in [2.24, 2.45) is 5.92 Å². The molecule has 3 heteroatoms. The van der Waals surface area contributed by atoms with Gasteiger partial charge in [0.05, 0.1) is 12.4 Å². The molecule has 1 heterocycles. The predicted molar refractivity (Wildman–Crippen MR) is 69.8 cm³/mol. The molecule has 0 saturated heterocycles. The molecule has 17 heavy (non-hydrogen) atoms. The summed E-state index contributed by atoms with van der Waals surface area (Å²) in [6.07, 6.45) is 1.99. The monoisotopic (exact) mass is 239 g/mol.